The van der Waals surface area contributed by atoms with Gasteiger partial charge in [-0.25, -0.2) is 0 Å². The van der Waals surface area contributed by atoms with Crippen molar-refractivity contribution in [3.8, 4) is 0 Å². The third kappa shape index (κ3) is 2.05. The van der Waals surface area contributed by atoms with Crippen molar-refractivity contribution in [3.05, 3.63) is 30.0 Å². The molecule has 0 bridgehead atoms. The molecule has 0 saturated carbocycles. The number of aromatic nitrogens is 2. The number of hydrogen-bond donors (Lipinski definition) is 1. The highest BCUT2D eigenvalue weighted by molar-refractivity contribution is 5.81. The van der Waals surface area contributed by atoms with Crippen molar-refractivity contribution in [1.82, 2.24) is 9.78 Å². The van der Waals surface area contributed by atoms with Gasteiger partial charge in [-0.15, -0.1) is 0 Å². The van der Waals surface area contributed by atoms with E-state index in [-0.39, 0.29) is 6.42 Å². The molecule has 0 aliphatic carbocycles. The highest BCUT2D eigenvalue weighted by Gasteiger charge is 2.05. The maximum Gasteiger partial charge on any atom is 0.307 e. The van der Waals surface area contributed by atoms with E-state index in [1.165, 1.54) is 0 Å². The highest BCUT2D eigenvalue weighted by atomic mass is 16.4. The van der Waals surface area contributed by atoms with Crippen molar-refractivity contribution in [1.29, 1.82) is 0 Å². The summed E-state index contributed by atoms with van der Waals surface area (Å²) in [6.07, 6.45) is 2.89. The lowest BCUT2D eigenvalue weighted by Gasteiger charge is -2.02. The molecule has 1 N–H and O–H groups in total. The number of aliphatic carboxylic acids is 1. The van der Waals surface area contributed by atoms with Crippen LogP contribution in [0.2, 0.25) is 0 Å². The number of benzene rings is 1. The standard InChI is InChI=1S/C12H14N2O2/c1-2-5-14-11-6-9(7-12(15)16)3-4-10(11)8-13-14/h3-4,6,8H,2,5,7H2,1H3,(H,15,16). The van der Waals surface area contributed by atoms with Crippen molar-refractivity contribution in [2.45, 2.75) is 26.3 Å². The largest absolute Gasteiger partial charge is 0.481 e. The van der Waals surface area contributed by atoms with Gasteiger partial charge in [-0.1, -0.05) is 19.1 Å². The summed E-state index contributed by atoms with van der Waals surface area (Å²) in [6, 6.07) is 5.67. The molecule has 1 aromatic heterocycles. The Bertz CT molecular complexity index is 517. The fourth-order valence-electron chi connectivity index (χ4n) is 1.79. The van der Waals surface area contributed by atoms with Gasteiger partial charge in [0.15, 0.2) is 0 Å². The van der Waals surface area contributed by atoms with Gasteiger partial charge >= 0.3 is 5.97 Å². The molecule has 0 atom stereocenters. The second-order valence-electron chi connectivity index (χ2n) is 3.83. The average Bonchev–Trinajstić information content (AvgIpc) is 2.61. The van der Waals surface area contributed by atoms with Crippen molar-refractivity contribution in [3.63, 3.8) is 0 Å². The Hall–Kier alpha value is -1.84. The summed E-state index contributed by atoms with van der Waals surface area (Å²) in [5.74, 6) is -0.805. The van der Waals surface area contributed by atoms with Crippen LogP contribution < -0.4 is 0 Å². The number of carbonyl (C=O) groups is 1. The van der Waals surface area contributed by atoms with Crippen LogP contribution >= 0.6 is 0 Å². The van der Waals surface area contributed by atoms with Crippen LogP contribution in [0, 0.1) is 0 Å². The average molecular weight is 218 g/mol. The molecule has 1 aromatic carbocycles. The normalized spacial score (nSPS) is 10.8. The molecule has 4 nitrogen and oxygen atoms in total. The van der Waals surface area contributed by atoms with Gasteiger partial charge in [0.2, 0.25) is 0 Å². The smallest absolute Gasteiger partial charge is 0.307 e. The molecule has 2 rings (SSSR count). The molecule has 4 heteroatoms. The lowest BCUT2D eigenvalue weighted by atomic mass is 10.1. The van der Waals surface area contributed by atoms with Crippen molar-refractivity contribution in [2.75, 3.05) is 0 Å². The summed E-state index contributed by atoms with van der Waals surface area (Å²) in [6.45, 7) is 2.95. The fraction of sp³-hybridized carbons (Fsp3) is 0.333. The van der Waals surface area contributed by atoms with Crippen LogP contribution in [0.3, 0.4) is 0 Å². The van der Waals surface area contributed by atoms with Gasteiger partial charge in [0.25, 0.3) is 0 Å². The van der Waals surface area contributed by atoms with Crippen LogP contribution in [0.25, 0.3) is 10.9 Å². The number of carboxylic acids is 1. The minimum absolute atomic E-state index is 0.0627. The summed E-state index contributed by atoms with van der Waals surface area (Å²) in [4.78, 5) is 10.6. The van der Waals surface area contributed by atoms with Crippen molar-refractivity contribution < 1.29 is 9.90 Å². The Balaban J connectivity index is 2.41. The minimum Gasteiger partial charge on any atom is -0.481 e. The van der Waals surface area contributed by atoms with E-state index in [0.29, 0.717) is 0 Å². The second-order valence-corrected chi connectivity index (χ2v) is 3.83. The maximum absolute atomic E-state index is 10.6. The van der Waals surface area contributed by atoms with Gasteiger partial charge in [-0.2, -0.15) is 5.10 Å². The SMILES string of the molecule is CCCn1ncc2ccc(CC(=O)O)cc21. The zero-order valence-corrected chi connectivity index (χ0v) is 9.18. The lowest BCUT2D eigenvalue weighted by molar-refractivity contribution is -0.136. The van der Waals surface area contributed by atoms with Gasteiger partial charge in [0.05, 0.1) is 18.1 Å². The van der Waals surface area contributed by atoms with Gasteiger partial charge in [0, 0.05) is 11.9 Å². The number of rotatable bonds is 4. The first-order valence-corrected chi connectivity index (χ1v) is 5.37. The number of nitrogens with zero attached hydrogens (tertiary/aromatic N) is 2. The van der Waals surface area contributed by atoms with E-state index in [1.807, 2.05) is 29.1 Å². The third-order valence-electron chi connectivity index (χ3n) is 2.50. The molecule has 0 aliphatic rings. The minimum atomic E-state index is -0.805. The molecule has 84 valence electrons. The van der Waals surface area contributed by atoms with Crippen LogP contribution in [0.15, 0.2) is 24.4 Å². The van der Waals surface area contributed by atoms with E-state index in [2.05, 4.69) is 12.0 Å². The Morgan fingerprint density at radius 3 is 3.00 bits per heavy atom. The molecule has 16 heavy (non-hydrogen) atoms. The van der Waals surface area contributed by atoms with Crippen molar-refractivity contribution in [2.24, 2.45) is 0 Å². The first-order valence-electron chi connectivity index (χ1n) is 5.37. The first-order chi connectivity index (χ1) is 7.70. The molecule has 0 aliphatic heterocycles. The lowest BCUT2D eigenvalue weighted by Crippen LogP contribution is -2.01. The van der Waals surface area contributed by atoms with Crippen LogP contribution in [-0.4, -0.2) is 20.9 Å². The maximum atomic E-state index is 10.6. The topological polar surface area (TPSA) is 55.1 Å². The Labute approximate surface area is 93.5 Å². The van der Waals surface area contributed by atoms with Gasteiger partial charge in [-0.3, -0.25) is 9.48 Å². The monoisotopic (exact) mass is 218 g/mol. The molecule has 0 unspecified atom stereocenters. The molecule has 2 aromatic rings. The predicted octanol–water partition coefficient (Wildman–Crippen LogP) is 2.07. The Morgan fingerprint density at radius 1 is 1.50 bits per heavy atom. The van der Waals surface area contributed by atoms with E-state index in [1.54, 1.807) is 0 Å². The second kappa shape index (κ2) is 4.35. The summed E-state index contributed by atoms with van der Waals surface area (Å²) < 4.78 is 1.92. The Kier molecular flexibility index (Phi) is 2.90. The van der Waals surface area contributed by atoms with Gasteiger partial charge in [0.1, 0.15) is 0 Å². The van der Waals surface area contributed by atoms with Crippen molar-refractivity contribution >= 4 is 16.9 Å². The van der Waals surface area contributed by atoms with E-state index in [4.69, 9.17) is 5.11 Å². The molecule has 0 spiro atoms. The van der Waals surface area contributed by atoms with E-state index in [9.17, 15) is 4.79 Å². The van der Waals surface area contributed by atoms with Crippen LogP contribution in [-0.2, 0) is 17.8 Å². The molecule has 0 amide bonds. The van der Waals surface area contributed by atoms with Gasteiger partial charge in [-0.05, 0) is 18.1 Å². The third-order valence-corrected chi connectivity index (χ3v) is 2.50. The van der Waals surface area contributed by atoms with E-state index in [0.717, 1.165) is 29.4 Å². The summed E-state index contributed by atoms with van der Waals surface area (Å²) >= 11 is 0. The summed E-state index contributed by atoms with van der Waals surface area (Å²) in [5, 5.41) is 14.1. The van der Waals surface area contributed by atoms with E-state index >= 15 is 0 Å². The molecule has 0 fully saturated rings. The molecular formula is C12H14N2O2. The predicted molar refractivity (Wildman–Crippen MR) is 61.4 cm³/mol. The number of fused-ring (bicyclic) bond motifs is 1. The molecular weight excluding hydrogens is 204 g/mol. The number of hydrogen-bond acceptors (Lipinski definition) is 2. The summed E-state index contributed by atoms with van der Waals surface area (Å²) in [5.41, 5.74) is 1.83. The zero-order valence-electron chi connectivity index (χ0n) is 9.18. The fourth-order valence-corrected chi connectivity index (χ4v) is 1.79. The zero-order chi connectivity index (χ0) is 11.5. The van der Waals surface area contributed by atoms with Crippen LogP contribution in [0.1, 0.15) is 18.9 Å². The first kappa shape index (κ1) is 10.7. The quantitative estimate of drug-likeness (QED) is 0.854. The number of aryl methyl sites for hydroxylation is 1. The Morgan fingerprint density at radius 2 is 2.31 bits per heavy atom. The molecule has 1 heterocycles. The highest BCUT2D eigenvalue weighted by Crippen LogP contribution is 2.16. The summed E-state index contributed by atoms with van der Waals surface area (Å²) in [7, 11) is 0. The number of carboxylic acid groups (broad SMARTS) is 1. The van der Waals surface area contributed by atoms with Gasteiger partial charge < -0.3 is 5.11 Å². The van der Waals surface area contributed by atoms with E-state index < -0.39 is 5.97 Å². The molecule has 0 saturated heterocycles. The van der Waals surface area contributed by atoms with Crippen LogP contribution in [0.5, 0.6) is 0 Å². The van der Waals surface area contributed by atoms with Crippen LogP contribution in [0.4, 0.5) is 0 Å². The molecule has 0 radical (unpaired) electrons.